The second-order valence-corrected chi connectivity index (χ2v) is 5.14. The fourth-order valence-corrected chi connectivity index (χ4v) is 2.46. The number of benzene rings is 2. The highest BCUT2D eigenvalue weighted by Gasteiger charge is 2.16. The van der Waals surface area contributed by atoms with E-state index in [4.69, 9.17) is 29.0 Å². The molecular formula is C14H12Cl2F2N2. The topological polar surface area (TPSA) is 38.0 Å². The third-order valence-electron chi connectivity index (χ3n) is 2.97. The van der Waals surface area contributed by atoms with Gasteiger partial charge in [-0.15, -0.1) is 0 Å². The summed E-state index contributed by atoms with van der Waals surface area (Å²) in [5, 5.41) is 0.686. The zero-order valence-electron chi connectivity index (χ0n) is 10.3. The Labute approximate surface area is 125 Å². The van der Waals surface area contributed by atoms with Crippen molar-refractivity contribution in [3.8, 4) is 0 Å². The van der Waals surface area contributed by atoms with Gasteiger partial charge < -0.3 is 0 Å². The van der Waals surface area contributed by atoms with Crippen LogP contribution in [0.25, 0.3) is 0 Å². The van der Waals surface area contributed by atoms with Crippen molar-refractivity contribution in [1.29, 1.82) is 0 Å². The van der Waals surface area contributed by atoms with Crippen molar-refractivity contribution < 1.29 is 8.78 Å². The molecule has 0 saturated carbocycles. The zero-order chi connectivity index (χ0) is 14.7. The van der Waals surface area contributed by atoms with E-state index in [2.05, 4.69) is 5.43 Å². The molecule has 0 heterocycles. The Morgan fingerprint density at radius 2 is 1.65 bits per heavy atom. The highest BCUT2D eigenvalue weighted by molar-refractivity contribution is 6.31. The van der Waals surface area contributed by atoms with Gasteiger partial charge in [0.2, 0.25) is 0 Å². The lowest BCUT2D eigenvalue weighted by molar-refractivity contribution is 0.546. The first-order valence-electron chi connectivity index (χ1n) is 5.86. The highest BCUT2D eigenvalue weighted by Crippen LogP contribution is 2.28. The van der Waals surface area contributed by atoms with E-state index in [9.17, 15) is 8.78 Å². The molecule has 0 aliphatic rings. The van der Waals surface area contributed by atoms with E-state index in [0.717, 1.165) is 0 Å². The van der Waals surface area contributed by atoms with Crippen LogP contribution >= 0.6 is 23.2 Å². The van der Waals surface area contributed by atoms with Crippen LogP contribution < -0.4 is 11.3 Å². The number of halogens is 4. The van der Waals surface area contributed by atoms with Gasteiger partial charge in [-0.05, 0) is 47.9 Å². The summed E-state index contributed by atoms with van der Waals surface area (Å²) in [6, 6.07) is 7.72. The molecule has 2 aromatic rings. The Bertz CT molecular complexity index is 620. The molecule has 0 aliphatic heterocycles. The smallest absolute Gasteiger partial charge is 0.124 e. The number of nitrogens with two attached hydrogens (primary N) is 1. The van der Waals surface area contributed by atoms with Crippen molar-refractivity contribution in [1.82, 2.24) is 5.43 Å². The second kappa shape index (κ2) is 6.50. The summed E-state index contributed by atoms with van der Waals surface area (Å²) in [4.78, 5) is 0. The normalized spacial score (nSPS) is 12.4. The van der Waals surface area contributed by atoms with Crippen LogP contribution in [0.1, 0.15) is 17.2 Å². The van der Waals surface area contributed by atoms with Crippen molar-refractivity contribution in [2.24, 2.45) is 5.84 Å². The van der Waals surface area contributed by atoms with Gasteiger partial charge in [-0.25, -0.2) is 8.78 Å². The van der Waals surface area contributed by atoms with Gasteiger partial charge in [0.1, 0.15) is 11.6 Å². The fourth-order valence-electron chi connectivity index (χ4n) is 1.96. The van der Waals surface area contributed by atoms with Crippen molar-refractivity contribution in [2.45, 2.75) is 12.5 Å². The minimum Gasteiger partial charge on any atom is -0.271 e. The standard InChI is InChI=1S/C14H12Cl2F2N2/c15-12-4-2-9(17)5-8(12)6-14(20-19)11-3-1-10(18)7-13(11)16/h1-5,7,14,20H,6,19H2. The van der Waals surface area contributed by atoms with Gasteiger partial charge in [0.05, 0.1) is 6.04 Å². The van der Waals surface area contributed by atoms with Gasteiger partial charge in [-0.2, -0.15) is 0 Å². The number of rotatable bonds is 4. The molecule has 0 saturated heterocycles. The maximum Gasteiger partial charge on any atom is 0.124 e. The summed E-state index contributed by atoms with van der Waals surface area (Å²) in [5.41, 5.74) is 3.80. The lowest BCUT2D eigenvalue weighted by Crippen LogP contribution is -2.30. The first-order valence-corrected chi connectivity index (χ1v) is 6.62. The monoisotopic (exact) mass is 316 g/mol. The third-order valence-corrected chi connectivity index (χ3v) is 3.67. The molecule has 2 nitrogen and oxygen atoms in total. The molecular weight excluding hydrogens is 305 g/mol. The maximum atomic E-state index is 13.3. The molecule has 0 aromatic heterocycles. The highest BCUT2D eigenvalue weighted by atomic mass is 35.5. The van der Waals surface area contributed by atoms with E-state index in [0.29, 0.717) is 22.6 Å². The fraction of sp³-hybridized carbons (Fsp3) is 0.143. The van der Waals surface area contributed by atoms with E-state index < -0.39 is 11.9 Å². The van der Waals surface area contributed by atoms with Gasteiger partial charge in [0.15, 0.2) is 0 Å². The van der Waals surface area contributed by atoms with Crippen molar-refractivity contribution in [2.75, 3.05) is 0 Å². The number of hydrogen-bond acceptors (Lipinski definition) is 2. The van der Waals surface area contributed by atoms with Crippen LogP contribution in [0.4, 0.5) is 8.78 Å². The van der Waals surface area contributed by atoms with E-state index in [1.807, 2.05) is 0 Å². The third kappa shape index (κ3) is 3.46. The summed E-state index contributed by atoms with van der Waals surface area (Å²) < 4.78 is 26.3. The summed E-state index contributed by atoms with van der Waals surface area (Å²) >= 11 is 12.0. The molecule has 1 atom stereocenters. The molecule has 2 rings (SSSR count). The Hall–Kier alpha value is -1.20. The van der Waals surface area contributed by atoms with E-state index in [-0.39, 0.29) is 10.8 Å². The van der Waals surface area contributed by atoms with Crippen LogP contribution in [0.2, 0.25) is 10.0 Å². The Balaban J connectivity index is 2.31. The molecule has 1 unspecified atom stereocenters. The van der Waals surface area contributed by atoms with Gasteiger partial charge in [-0.1, -0.05) is 29.3 Å². The molecule has 0 radical (unpaired) electrons. The van der Waals surface area contributed by atoms with E-state index in [1.54, 1.807) is 0 Å². The van der Waals surface area contributed by atoms with Gasteiger partial charge in [-0.3, -0.25) is 11.3 Å². The average Bonchev–Trinajstić information content (AvgIpc) is 2.40. The molecule has 0 aliphatic carbocycles. The molecule has 0 fully saturated rings. The van der Waals surface area contributed by atoms with E-state index in [1.165, 1.54) is 36.4 Å². The lowest BCUT2D eigenvalue weighted by atomic mass is 9.99. The Morgan fingerprint density at radius 1 is 1.00 bits per heavy atom. The molecule has 0 bridgehead atoms. The van der Waals surface area contributed by atoms with Gasteiger partial charge in [0, 0.05) is 10.0 Å². The van der Waals surface area contributed by atoms with Crippen LogP contribution in [0, 0.1) is 11.6 Å². The van der Waals surface area contributed by atoms with E-state index >= 15 is 0 Å². The summed E-state index contributed by atoms with van der Waals surface area (Å²) in [6.07, 6.45) is 0.332. The Morgan fingerprint density at radius 3 is 2.30 bits per heavy atom. The van der Waals surface area contributed by atoms with Gasteiger partial charge >= 0.3 is 0 Å². The molecule has 0 amide bonds. The van der Waals surface area contributed by atoms with Crippen molar-refractivity contribution in [3.63, 3.8) is 0 Å². The lowest BCUT2D eigenvalue weighted by Gasteiger charge is -2.18. The molecule has 3 N–H and O–H groups in total. The minimum atomic E-state index is -0.432. The number of hydrogen-bond donors (Lipinski definition) is 2. The number of nitrogens with one attached hydrogen (secondary N) is 1. The largest absolute Gasteiger partial charge is 0.271 e. The molecule has 6 heteroatoms. The second-order valence-electron chi connectivity index (χ2n) is 4.32. The Kier molecular flexibility index (Phi) is 4.94. The molecule has 2 aromatic carbocycles. The predicted molar refractivity (Wildman–Crippen MR) is 76.6 cm³/mol. The van der Waals surface area contributed by atoms with Crippen molar-refractivity contribution in [3.05, 3.63) is 69.2 Å². The quantitative estimate of drug-likeness (QED) is 0.660. The first kappa shape index (κ1) is 15.2. The van der Waals surface area contributed by atoms with Crippen LogP contribution in [0.5, 0.6) is 0 Å². The minimum absolute atomic E-state index is 0.250. The summed E-state index contributed by atoms with van der Waals surface area (Å²) in [6.45, 7) is 0. The van der Waals surface area contributed by atoms with Crippen LogP contribution in [0.3, 0.4) is 0 Å². The maximum absolute atomic E-state index is 13.3. The van der Waals surface area contributed by atoms with Crippen LogP contribution in [-0.2, 0) is 6.42 Å². The molecule has 106 valence electrons. The summed E-state index contributed by atoms with van der Waals surface area (Å²) in [5.74, 6) is 4.69. The zero-order valence-corrected chi connectivity index (χ0v) is 11.8. The SMILES string of the molecule is NNC(Cc1cc(F)ccc1Cl)c1ccc(F)cc1Cl. The van der Waals surface area contributed by atoms with Crippen molar-refractivity contribution >= 4 is 23.2 Å². The number of hydrazine groups is 1. The average molecular weight is 317 g/mol. The van der Waals surface area contributed by atoms with Crippen LogP contribution in [0.15, 0.2) is 36.4 Å². The first-order chi connectivity index (χ1) is 9.51. The molecule has 20 heavy (non-hydrogen) atoms. The van der Waals surface area contributed by atoms with Gasteiger partial charge in [0.25, 0.3) is 0 Å². The van der Waals surface area contributed by atoms with Crippen LogP contribution in [-0.4, -0.2) is 0 Å². The predicted octanol–water partition coefficient (Wildman–Crippen LogP) is 4.02. The molecule has 0 spiro atoms. The summed E-state index contributed by atoms with van der Waals surface area (Å²) in [7, 11) is 0.